The van der Waals surface area contributed by atoms with Crippen LogP contribution in [0.5, 0.6) is 11.5 Å². The number of methoxy groups -OCH3 is 2. The smallest absolute Gasteiger partial charge is 0.148 e. The van der Waals surface area contributed by atoms with Crippen molar-refractivity contribution in [1.29, 1.82) is 0 Å². The second-order valence-corrected chi connectivity index (χ2v) is 3.07. The van der Waals surface area contributed by atoms with Crippen molar-refractivity contribution < 1.29 is 14.6 Å². The zero-order valence-corrected chi connectivity index (χ0v) is 8.91. The molecule has 84 valence electrons. The summed E-state index contributed by atoms with van der Waals surface area (Å²) < 4.78 is 10.3. The van der Waals surface area contributed by atoms with Gasteiger partial charge in [-0.1, -0.05) is 0 Å². The number of nitrogens with two attached hydrogens (primary N) is 2. The predicted molar refractivity (Wildman–Crippen MR) is 59.2 cm³/mol. The van der Waals surface area contributed by atoms with Gasteiger partial charge < -0.3 is 26.0 Å². The van der Waals surface area contributed by atoms with Gasteiger partial charge in [0, 0.05) is 18.6 Å². The number of aliphatic hydroxyl groups excluding tert-OH is 1. The number of aliphatic hydroxyl groups is 1. The van der Waals surface area contributed by atoms with Gasteiger partial charge in [0.05, 0.1) is 25.6 Å². The van der Waals surface area contributed by atoms with E-state index in [-0.39, 0.29) is 6.61 Å². The minimum Gasteiger partial charge on any atom is -0.494 e. The maximum Gasteiger partial charge on any atom is 0.148 e. The van der Waals surface area contributed by atoms with E-state index in [1.54, 1.807) is 6.07 Å². The highest BCUT2D eigenvalue weighted by Crippen LogP contribution is 2.39. The van der Waals surface area contributed by atoms with Gasteiger partial charge in [0.1, 0.15) is 11.5 Å². The number of hydrogen-bond donors (Lipinski definition) is 3. The Hall–Kier alpha value is -1.62. The molecule has 0 spiro atoms. The molecule has 0 aromatic heterocycles. The fraction of sp³-hybridized carbons (Fsp3) is 0.400. The monoisotopic (exact) mass is 212 g/mol. The Morgan fingerprint density at radius 3 is 1.93 bits per heavy atom. The molecule has 0 aliphatic carbocycles. The van der Waals surface area contributed by atoms with Gasteiger partial charge in [0.15, 0.2) is 0 Å². The third-order valence-corrected chi connectivity index (χ3v) is 2.15. The molecule has 0 aliphatic rings. The molecular weight excluding hydrogens is 196 g/mol. The molecule has 0 aliphatic heterocycles. The lowest BCUT2D eigenvalue weighted by molar-refractivity contribution is 0.293. The van der Waals surface area contributed by atoms with E-state index in [9.17, 15) is 0 Å². The van der Waals surface area contributed by atoms with Gasteiger partial charge in [0.25, 0.3) is 0 Å². The first-order valence-electron chi connectivity index (χ1n) is 4.55. The number of anilines is 2. The molecule has 0 fully saturated rings. The van der Waals surface area contributed by atoms with Crippen LogP contribution in [0.15, 0.2) is 6.07 Å². The van der Waals surface area contributed by atoms with Crippen LogP contribution in [0.2, 0.25) is 0 Å². The Bertz CT molecular complexity index is 325. The normalized spacial score (nSPS) is 10.1. The van der Waals surface area contributed by atoms with Crippen LogP contribution in [0.1, 0.15) is 5.56 Å². The van der Waals surface area contributed by atoms with Crippen molar-refractivity contribution >= 4 is 11.4 Å². The first-order chi connectivity index (χ1) is 7.15. The topological polar surface area (TPSA) is 90.7 Å². The van der Waals surface area contributed by atoms with Crippen molar-refractivity contribution in [2.75, 3.05) is 32.3 Å². The lowest BCUT2D eigenvalue weighted by Gasteiger charge is -2.16. The molecule has 0 heterocycles. The Morgan fingerprint density at radius 1 is 1.13 bits per heavy atom. The van der Waals surface area contributed by atoms with E-state index in [0.717, 1.165) is 0 Å². The van der Waals surface area contributed by atoms with Crippen molar-refractivity contribution in [3.63, 3.8) is 0 Å². The van der Waals surface area contributed by atoms with E-state index < -0.39 is 0 Å². The van der Waals surface area contributed by atoms with Crippen LogP contribution in [-0.4, -0.2) is 25.9 Å². The van der Waals surface area contributed by atoms with Crippen LogP contribution in [0.3, 0.4) is 0 Å². The van der Waals surface area contributed by atoms with Crippen LogP contribution in [0.25, 0.3) is 0 Å². The average Bonchev–Trinajstić information content (AvgIpc) is 2.18. The molecule has 0 atom stereocenters. The molecular formula is C10H16N2O3. The predicted octanol–water partition coefficient (Wildman–Crippen LogP) is 0.403. The number of benzene rings is 1. The van der Waals surface area contributed by atoms with Crippen LogP contribution >= 0.6 is 0 Å². The van der Waals surface area contributed by atoms with Crippen molar-refractivity contribution in [2.24, 2.45) is 0 Å². The Morgan fingerprint density at radius 2 is 1.60 bits per heavy atom. The number of ether oxygens (including phenoxy) is 2. The van der Waals surface area contributed by atoms with Gasteiger partial charge in [-0.05, 0) is 6.07 Å². The van der Waals surface area contributed by atoms with Gasteiger partial charge in [-0.3, -0.25) is 0 Å². The molecule has 0 saturated carbocycles. The van der Waals surface area contributed by atoms with E-state index in [1.807, 2.05) is 0 Å². The van der Waals surface area contributed by atoms with E-state index >= 15 is 0 Å². The quantitative estimate of drug-likeness (QED) is 0.628. The lowest BCUT2D eigenvalue weighted by atomic mass is 10.1. The zero-order chi connectivity index (χ0) is 11.4. The zero-order valence-electron chi connectivity index (χ0n) is 8.91. The summed E-state index contributed by atoms with van der Waals surface area (Å²) in [6, 6.07) is 1.58. The molecule has 5 heteroatoms. The Kier molecular flexibility index (Phi) is 3.62. The molecule has 15 heavy (non-hydrogen) atoms. The molecule has 0 bridgehead atoms. The minimum atomic E-state index is -0.0182. The van der Waals surface area contributed by atoms with E-state index in [0.29, 0.717) is 34.9 Å². The van der Waals surface area contributed by atoms with Crippen LogP contribution in [-0.2, 0) is 6.42 Å². The number of nitrogen functional groups attached to an aromatic ring is 2. The third-order valence-electron chi connectivity index (χ3n) is 2.15. The van der Waals surface area contributed by atoms with Crippen molar-refractivity contribution in [3.05, 3.63) is 11.6 Å². The molecule has 0 saturated heterocycles. The second-order valence-electron chi connectivity index (χ2n) is 3.07. The first-order valence-corrected chi connectivity index (χ1v) is 4.55. The molecule has 1 rings (SSSR count). The summed E-state index contributed by atoms with van der Waals surface area (Å²) in [6.45, 7) is -0.0182. The summed E-state index contributed by atoms with van der Waals surface area (Å²) in [4.78, 5) is 0. The molecule has 0 radical (unpaired) electrons. The number of rotatable bonds is 4. The Balaban J connectivity index is 3.36. The Labute approximate surface area is 88.6 Å². The standard InChI is InChI=1S/C10H16N2O3/c1-14-9-6(3-4-13)10(15-2)8(12)5-7(9)11/h5,13H,3-4,11-12H2,1-2H3. The van der Waals surface area contributed by atoms with Crippen molar-refractivity contribution in [3.8, 4) is 11.5 Å². The minimum absolute atomic E-state index is 0.0182. The van der Waals surface area contributed by atoms with E-state index in [4.69, 9.17) is 26.0 Å². The number of hydrogen-bond acceptors (Lipinski definition) is 5. The van der Waals surface area contributed by atoms with Gasteiger partial charge in [0.2, 0.25) is 0 Å². The van der Waals surface area contributed by atoms with Crippen LogP contribution in [0, 0.1) is 0 Å². The van der Waals surface area contributed by atoms with Crippen molar-refractivity contribution in [2.45, 2.75) is 6.42 Å². The molecule has 1 aromatic rings. The highest BCUT2D eigenvalue weighted by molar-refractivity contribution is 5.72. The van der Waals surface area contributed by atoms with Crippen LogP contribution < -0.4 is 20.9 Å². The van der Waals surface area contributed by atoms with Gasteiger partial charge >= 0.3 is 0 Å². The molecule has 0 unspecified atom stereocenters. The fourth-order valence-corrected chi connectivity index (χ4v) is 1.57. The lowest BCUT2D eigenvalue weighted by Crippen LogP contribution is -2.05. The fourth-order valence-electron chi connectivity index (χ4n) is 1.57. The molecule has 5 N–H and O–H groups in total. The maximum absolute atomic E-state index is 8.95. The average molecular weight is 212 g/mol. The largest absolute Gasteiger partial charge is 0.494 e. The maximum atomic E-state index is 8.95. The van der Waals surface area contributed by atoms with Gasteiger partial charge in [-0.25, -0.2) is 0 Å². The summed E-state index contributed by atoms with van der Waals surface area (Å²) in [5.41, 5.74) is 13.1. The summed E-state index contributed by atoms with van der Waals surface area (Å²) in [5, 5.41) is 8.95. The molecule has 1 aromatic carbocycles. The summed E-state index contributed by atoms with van der Waals surface area (Å²) in [7, 11) is 3.03. The summed E-state index contributed by atoms with van der Waals surface area (Å²) in [5.74, 6) is 1.02. The molecule has 0 amide bonds. The molecule has 5 nitrogen and oxygen atoms in total. The first kappa shape index (κ1) is 11.5. The summed E-state index contributed by atoms with van der Waals surface area (Å²) in [6.07, 6.45) is 0.390. The second kappa shape index (κ2) is 4.75. The van der Waals surface area contributed by atoms with Gasteiger partial charge in [-0.15, -0.1) is 0 Å². The summed E-state index contributed by atoms with van der Waals surface area (Å²) >= 11 is 0. The SMILES string of the molecule is COc1c(N)cc(N)c(OC)c1CCO. The highest BCUT2D eigenvalue weighted by Gasteiger charge is 2.16. The van der Waals surface area contributed by atoms with Crippen LogP contribution in [0.4, 0.5) is 11.4 Å². The highest BCUT2D eigenvalue weighted by atomic mass is 16.5. The van der Waals surface area contributed by atoms with Gasteiger partial charge in [-0.2, -0.15) is 0 Å². The van der Waals surface area contributed by atoms with Crippen molar-refractivity contribution in [1.82, 2.24) is 0 Å². The van der Waals surface area contributed by atoms with E-state index in [1.165, 1.54) is 14.2 Å². The van der Waals surface area contributed by atoms with E-state index in [2.05, 4.69) is 0 Å². The third kappa shape index (κ3) is 2.07.